The lowest BCUT2D eigenvalue weighted by atomic mass is 10.1. The molecular formula is C27H31N7O3. The van der Waals surface area contributed by atoms with Crippen LogP contribution < -0.4 is 15.8 Å². The number of rotatable bonds is 12. The van der Waals surface area contributed by atoms with Gasteiger partial charge in [-0.05, 0) is 17.2 Å². The summed E-state index contributed by atoms with van der Waals surface area (Å²) in [5.74, 6) is 1.41. The number of nitrogens with one attached hydrogen (secondary N) is 1. The number of allylic oxidation sites excluding steroid dienone is 1. The van der Waals surface area contributed by atoms with Gasteiger partial charge in [0.25, 0.3) is 0 Å². The molecule has 1 aromatic carbocycles. The summed E-state index contributed by atoms with van der Waals surface area (Å²) in [5.41, 5.74) is 11.0. The van der Waals surface area contributed by atoms with Crippen LogP contribution in [0.25, 0.3) is 22.6 Å². The molecule has 0 aliphatic rings. The van der Waals surface area contributed by atoms with Gasteiger partial charge in [0.2, 0.25) is 0 Å². The zero-order valence-electron chi connectivity index (χ0n) is 21.2. The molecule has 3 N–H and O–H groups in total. The molecule has 0 atom stereocenters. The van der Waals surface area contributed by atoms with E-state index in [1.807, 2.05) is 53.1 Å². The normalized spacial score (nSPS) is 12.1. The standard InChI is InChI=1S/C27H31N7O3/c1-29-14-21(12-28)20-6-4-19(5-7-20)13-30-26-11-24(32-18-33-26)25-15-31-27-10-22(8-9-34(25)27)37-23(16-35-2)17-36-3/h4-12,14-15,18,23H,13,16-17,28H2,1-3H3,(H,30,32,33)/b21-12+,29-14?. The molecule has 37 heavy (non-hydrogen) atoms. The fourth-order valence-electron chi connectivity index (χ4n) is 3.86. The summed E-state index contributed by atoms with van der Waals surface area (Å²) in [4.78, 5) is 17.4. The van der Waals surface area contributed by atoms with Gasteiger partial charge in [-0.15, -0.1) is 0 Å². The first-order valence-electron chi connectivity index (χ1n) is 11.8. The number of ether oxygens (including phenoxy) is 3. The maximum absolute atomic E-state index is 6.00. The number of pyridine rings is 1. The van der Waals surface area contributed by atoms with Crippen LogP contribution in [0, 0.1) is 0 Å². The number of benzene rings is 1. The summed E-state index contributed by atoms with van der Waals surface area (Å²) >= 11 is 0. The Morgan fingerprint density at radius 1 is 1.08 bits per heavy atom. The highest BCUT2D eigenvalue weighted by atomic mass is 16.6. The van der Waals surface area contributed by atoms with Crippen molar-refractivity contribution in [2.75, 3.05) is 39.8 Å². The lowest BCUT2D eigenvalue weighted by Gasteiger charge is -2.17. The Morgan fingerprint density at radius 3 is 2.57 bits per heavy atom. The van der Waals surface area contributed by atoms with Crippen molar-refractivity contribution >= 4 is 23.3 Å². The first-order chi connectivity index (χ1) is 18.1. The van der Waals surface area contributed by atoms with Gasteiger partial charge in [-0.3, -0.25) is 9.39 Å². The van der Waals surface area contributed by atoms with E-state index in [1.165, 1.54) is 0 Å². The van der Waals surface area contributed by atoms with Gasteiger partial charge in [-0.1, -0.05) is 24.3 Å². The monoisotopic (exact) mass is 501 g/mol. The number of anilines is 1. The highest BCUT2D eigenvalue weighted by molar-refractivity contribution is 6.09. The minimum absolute atomic E-state index is 0.206. The van der Waals surface area contributed by atoms with Crippen LogP contribution in [0.2, 0.25) is 0 Å². The summed E-state index contributed by atoms with van der Waals surface area (Å²) in [6.45, 7) is 1.47. The van der Waals surface area contributed by atoms with Gasteiger partial charge in [0.15, 0.2) is 0 Å². The molecule has 0 fully saturated rings. The van der Waals surface area contributed by atoms with E-state index >= 15 is 0 Å². The van der Waals surface area contributed by atoms with Crippen molar-refractivity contribution in [1.29, 1.82) is 0 Å². The Hall–Kier alpha value is -4.28. The quantitative estimate of drug-likeness (QED) is 0.283. The van der Waals surface area contributed by atoms with Gasteiger partial charge >= 0.3 is 0 Å². The highest BCUT2D eigenvalue weighted by Crippen LogP contribution is 2.24. The average Bonchev–Trinajstić information content (AvgIpc) is 3.35. The van der Waals surface area contributed by atoms with E-state index in [2.05, 4.69) is 25.3 Å². The first kappa shape index (κ1) is 25.8. The predicted molar refractivity (Wildman–Crippen MR) is 145 cm³/mol. The van der Waals surface area contributed by atoms with Crippen molar-refractivity contribution in [2.45, 2.75) is 12.6 Å². The fourth-order valence-corrected chi connectivity index (χ4v) is 3.86. The van der Waals surface area contributed by atoms with Crippen LogP contribution in [-0.2, 0) is 16.0 Å². The molecule has 0 saturated heterocycles. The van der Waals surface area contributed by atoms with E-state index in [-0.39, 0.29) is 6.10 Å². The smallest absolute Gasteiger partial charge is 0.145 e. The molecule has 10 heteroatoms. The molecule has 0 radical (unpaired) electrons. The van der Waals surface area contributed by atoms with E-state index < -0.39 is 0 Å². The van der Waals surface area contributed by atoms with Crippen molar-refractivity contribution in [3.05, 3.63) is 78.5 Å². The maximum Gasteiger partial charge on any atom is 0.145 e. The summed E-state index contributed by atoms with van der Waals surface area (Å²) < 4.78 is 18.4. The predicted octanol–water partition coefficient (Wildman–Crippen LogP) is 3.44. The summed E-state index contributed by atoms with van der Waals surface area (Å²) in [7, 11) is 4.99. The van der Waals surface area contributed by atoms with Crippen molar-refractivity contribution in [3.8, 4) is 17.1 Å². The number of nitrogens with zero attached hydrogens (tertiary/aromatic N) is 5. The van der Waals surface area contributed by atoms with Crippen LogP contribution in [0.15, 0.2) is 72.4 Å². The van der Waals surface area contributed by atoms with Gasteiger partial charge in [-0.2, -0.15) is 0 Å². The van der Waals surface area contributed by atoms with E-state index in [1.54, 1.807) is 46.2 Å². The Kier molecular flexibility index (Phi) is 8.79. The summed E-state index contributed by atoms with van der Waals surface area (Å²) in [5, 5.41) is 3.36. The molecule has 0 aliphatic carbocycles. The van der Waals surface area contributed by atoms with Crippen molar-refractivity contribution in [2.24, 2.45) is 10.7 Å². The lowest BCUT2D eigenvalue weighted by molar-refractivity contribution is 0.0245. The van der Waals surface area contributed by atoms with E-state index in [4.69, 9.17) is 19.9 Å². The molecule has 0 saturated carbocycles. The molecule has 0 spiro atoms. The Morgan fingerprint density at radius 2 is 1.86 bits per heavy atom. The molecule has 3 aromatic heterocycles. The second kappa shape index (κ2) is 12.6. The van der Waals surface area contributed by atoms with Crippen LogP contribution in [0.4, 0.5) is 5.82 Å². The number of aliphatic imine (C=N–C) groups is 1. The Bertz CT molecular complexity index is 1360. The molecule has 0 unspecified atom stereocenters. The van der Waals surface area contributed by atoms with Crippen LogP contribution in [0.5, 0.6) is 5.75 Å². The summed E-state index contributed by atoms with van der Waals surface area (Å²) in [6.07, 6.45) is 8.32. The molecule has 4 aromatic rings. The average molecular weight is 502 g/mol. The second-order valence-corrected chi connectivity index (χ2v) is 8.23. The minimum atomic E-state index is -0.206. The van der Waals surface area contributed by atoms with Crippen LogP contribution in [0.3, 0.4) is 0 Å². The maximum atomic E-state index is 6.00. The van der Waals surface area contributed by atoms with Crippen LogP contribution >= 0.6 is 0 Å². The fraction of sp³-hybridized carbons (Fsp3) is 0.259. The lowest BCUT2D eigenvalue weighted by Crippen LogP contribution is -2.27. The minimum Gasteiger partial charge on any atom is -0.485 e. The molecule has 4 rings (SSSR count). The van der Waals surface area contributed by atoms with E-state index in [9.17, 15) is 0 Å². The first-order valence-corrected chi connectivity index (χ1v) is 11.8. The van der Waals surface area contributed by atoms with E-state index in [0.29, 0.717) is 31.3 Å². The molecule has 10 nitrogen and oxygen atoms in total. The second-order valence-electron chi connectivity index (χ2n) is 8.23. The van der Waals surface area contributed by atoms with Crippen molar-refractivity contribution in [3.63, 3.8) is 0 Å². The zero-order chi connectivity index (χ0) is 26.0. The number of hydrogen-bond acceptors (Lipinski definition) is 9. The molecular weight excluding hydrogens is 470 g/mol. The van der Waals surface area contributed by atoms with Crippen LogP contribution in [0.1, 0.15) is 11.1 Å². The van der Waals surface area contributed by atoms with Crippen LogP contribution in [-0.4, -0.2) is 66.2 Å². The third kappa shape index (κ3) is 6.49. The topological polar surface area (TPSA) is 121 Å². The molecule has 192 valence electrons. The number of hydrogen-bond donors (Lipinski definition) is 2. The summed E-state index contributed by atoms with van der Waals surface area (Å²) in [6, 6.07) is 13.8. The molecule has 3 heterocycles. The van der Waals surface area contributed by atoms with Crippen molar-refractivity contribution < 1.29 is 14.2 Å². The molecule has 0 bridgehead atoms. The number of imidazole rings is 1. The Labute approximate surface area is 215 Å². The van der Waals surface area contributed by atoms with Gasteiger partial charge in [0.1, 0.15) is 29.6 Å². The highest BCUT2D eigenvalue weighted by Gasteiger charge is 2.13. The number of aromatic nitrogens is 4. The number of nitrogens with two attached hydrogens (primary N) is 1. The number of methoxy groups -OCH3 is 2. The zero-order valence-corrected chi connectivity index (χ0v) is 21.2. The third-order valence-electron chi connectivity index (χ3n) is 5.63. The molecule has 0 amide bonds. The van der Waals surface area contributed by atoms with Gasteiger partial charge in [-0.25, -0.2) is 15.0 Å². The van der Waals surface area contributed by atoms with Gasteiger partial charge < -0.3 is 25.3 Å². The third-order valence-corrected chi connectivity index (χ3v) is 5.63. The Balaban J connectivity index is 1.46. The van der Waals surface area contributed by atoms with Gasteiger partial charge in [0.05, 0.1) is 30.8 Å². The van der Waals surface area contributed by atoms with Gasteiger partial charge in [0, 0.05) is 64.1 Å². The largest absolute Gasteiger partial charge is 0.485 e. The number of fused-ring (bicyclic) bond motifs is 1. The molecule has 0 aliphatic heterocycles. The van der Waals surface area contributed by atoms with E-state index in [0.717, 1.165) is 33.7 Å². The van der Waals surface area contributed by atoms with Crippen molar-refractivity contribution in [1.82, 2.24) is 19.4 Å². The SMILES string of the molecule is CN=C/C(=C\N)c1ccc(CNc2cc(-c3cnc4cc(OC(COC)COC)ccn34)ncn2)cc1.